The van der Waals surface area contributed by atoms with Crippen LogP contribution in [0, 0.1) is 0 Å². The van der Waals surface area contributed by atoms with Gasteiger partial charge in [-0.2, -0.15) is 0 Å². The summed E-state index contributed by atoms with van der Waals surface area (Å²) in [6, 6.07) is 17.0. The lowest BCUT2D eigenvalue weighted by Gasteiger charge is -2.39. The van der Waals surface area contributed by atoms with E-state index in [1.807, 2.05) is 47.4 Å². The summed E-state index contributed by atoms with van der Waals surface area (Å²) in [4.78, 5) is 20.9. The maximum atomic E-state index is 12.6. The quantitative estimate of drug-likeness (QED) is 0.292. The number of nitrogens with one attached hydrogen (secondary N) is 1. The molecule has 0 radical (unpaired) electrons. The molecule has 0 aliphatic carbocycles. The molecule has 0 bridgehead atoms. The first-order valence-corrected chi connectivity index (χ1v) is 11.4. The number of nitrogen functional groups attached to an aromatic ring is 1. The Morgan fingerprint density at radius 3 is 2.61 bits per heavy atom. The average Bonchev–Trinajstić information content (AvgIpc) is 2.82. The van der Waals surface area contributed by atoms with Crippen molar-refractivity contribution in [2.24, 2.45) is 0 Å². The van der Waals surface area contributed by atoms with Gasteiger partial charge in [-0.15, -0.1) is 0 Å². The fourth-order valence-electron chi connectivity index (χ4n) is 3.61. The van der Waals surface area contributed by atoms with Crippen LogP contribution in [0.3, 0.4) is 0 Å². The number of thiocarbonyl (C=S) groups is 1. The molecule has 168 valence electrons. The third kappa shape index (κ3) is 5.27. The molecule has 1 aromatic heterocycles. The van der Waals surface area contributed by atoms with Crippen molar-refractivity contribution in [1.82, 2.24) is 15.2 Å². The van der Waals surface area contributed by atoms with E-state index in [0.717, 1.165) is 28.6 Å². The van der Waals surface area contributed by atoms with Crippen molar-refractivity contribution in [3.8, 4) is 0 Å². The molecule has 1 fully saturated rings. The van der Waals surface area contributed by atoms with E-state index in [2.05, 4.69) is 10.3 Å². The Kier molecular flexibility index (Phi) is 7.13. The molecule has 1 amide bonds. The summed E-state index contributed by atoms with van der Waals surface area (Å²) in [5.74, 6) is -0.138. The minimum atomic E-state index is -0.382. The Labute approximate surface area is 207 Å². The second-order valence-electron chi connectivity index (χ2n) is 7.39. The first kappa shape index (κ1) is 23.0. The average molecular weight is 498 g/mol. The van der Waals surface area contributed by atoms with Gasteiger partial charge in [-0.3, -0.25) is 9.78 Å². The van der Waals surface area contributed by atoms with Crippen LogP contribution in [0.5, 0.6) is 0 Å². The predicted octanol–water partition coefficient (Wildman–Crippen LogP) is 5.05. The van der Waals surface area contributed by atoms with Gasteiger partial charge in [-0.05, 0) is 54.5 Å². The standard InChI is InChI=1S/C24H21Cl2N5OS/c25-22(26)23(29-20(32)12-9-16-7-10-18(27)11-8-16)31-15-3-14-30(24(31)33)19-6-1-4-17-5-2-13-28-21(17)19/h1-2,4-13H,3,14-15,27H2,(H,29,32)/b12-9+. The van der Waals surface area contributed by atoms with Crippen molar-refractivity contribution in [3.05, 3.63) is 82.7 Å². The number of carbonyl (C=O) groups is 1. The summed E-state index contributed by atoms with van der Waals surface area (Å²) in [5.41, 5.74) is 8.93. The van der Waals surface area contributed by atoms with E-state index in [4.69, 9.17) is 41.2 Å². The number of amides is 1. The number of para-hydroxylation sites is 1. The van der Waals surface area contributed by atoms with Crippen LogP contribution >= 0.6 is 35.4 Å². The second kappa shape index (κ2) is 10.2. The molecule has 0 atom stereocenters. The molecule has 9 heteroatoms. The lowest BCUT2D eigenvalue weighted by Crippen LogP contribution is -2.51. The maximum Gasteiger partial charge on any atom is 0.249 e. The molecule has 0 saturated carbocycles. The molecule has 0 spiro atoms. The third-order valence-electron chi connectivity index (χ3n) is 5.18. The Bertz CT molecular complexity index is 1250. The Hall–Kier alpha value is -3.13. The first-order valence-electron chi connectivity index (χ1n) is 10.3. The number of halogens is 2. The van der Waals surface area contributed by atoms with E-state index < -0.39 is 0 Å². The number of aromatic nitrogens is 1. The van der Waals surface area contributed by atoms with Crippen molar-refractivity contribution in [1.29, 1.82) is 0 Å². The van der Waals surface area contributed by atoms with Gasteiger partial charge in [0.1, 0.15) is 10.3 Å². The van der Waals surface area contributed by atoms with Crippen LogP contribution in [0.1, 0.15) is 12.0 Å². The number of carbonyl (C=O) groups excluding carboxylic acids is 1. The topological polar surface area (TPSA) is 74.5 Å². The number of anilines is 2. The first-order chi connectivity index (χ1) is 15.9. The number of pyridine rings is 1. The van der Waals surface area contributed by atoms with Crippen LogP contribution in [-0.4, -0.2) is 34.0 Å². The number of benzene rings is 2. The SMILES string of the molecule is Nc1ccc(/C=C/C(=O)NC(=C(Cl)Cl)N2CCCN(c3cccc4cccnc34)C2=S)cc1. The van der Waals surface area contributed by atoms with Gasteiger partial charge in [0.25, 0.3) is 0 Å². The maximum absolute atomic E-state index is 12.6. The molecule has 6 nitrogen and oxygen atoms in total. The van der Waals surface area contributed by atoms with Crippen molar-refractivity contribution in [2.45, 2.75) is 6.42 Å². The molecule has 1 saturated heterocycles. The van der Waals surface area contributed by atoms with Crippen LogP contribution < -0.4 is 16.0 Å². The number of nitrogens with zero attached hydrogens (tertiary/aromatic N) is 3. The summed E-state index contributed by atoms with van der Waals surface area (Å²) in [6.07, 6.45) is 5.62. The van der Waals surface area contributed by atoms with E-state index in [-0.39, 0.29) is 16.2 Å². The van der Waals surface area contributed by atoms with Gasteiger partial charge in [-0.25, -0.2) is 0 Å². The van der Waals surface area contributed by atoms with Gasteiger partial charge in [-0.1, -0.05) is 53.5 Å². The van der Waals surface area contributed by atoms with Crippen LogP contribution in [0.2, 0.25) is 0 Å². The van der Waals surface area contributed by atoms with Crippen molar-refractivity contribution in [2.75, 3.05) is 23.7 Å². The molecule has 3 N–H and O–H groups in total. The van der Waals surface area contributed by atoms with Gasteiger partial charge in [0, 0.05) is 36.4 Å². The normalized spacial score (nSPS) is 14.1. The number of hydrogen-bond acceptors (Lipinski definition) is 4. The predicted molar refractivity (Wildman–Crippen MR) is 140 cm³/mol. The number of nitrogens with two attached hydrogens (primary N) is 1. The van der Waals surface area contributed by atoms with Crippen LogP contribution in [0.4, 0.5) is 11.4 Å². The summed E-state index contributed by atoms with van der Waals surface area (Å²) in [6.45, 7) is 1.27. The van der Waals surface area contributed by atoms with Crippen molar-refractivity contribution < 1.29 is 4.79 Å². The summed E-state index contributed by atoms with van der Waals surface area (Å²) < 4.78 is -0.0792. The van der Waals surface area contributed by atoms with E-state index in [0.29, 0.717) is 23.9 Å². The largest absolute Gasteiger partial charge is 0.399 e. The van der Waals surface area contributed by atoms with Gasteiger partial charge in [0.2, 0.25) is 5.91 Å². The highest BCUT2D eigenvalue weighted by atomic mass is 35.5. The van der Waals surface area contributed by atoms with E-state index in [1.54, 1.807) is 29.3 Å². The summed E-state index contributed by atoms with van der Waals surface area (Å²) >= 11 is 18.1. The molecular weight excluding hydrogens is 477 g/mol. The molecule has 33 heavy (non-hydrogen) atoms. The molecule has 1 aliphatic heterocycles. The van der Waals surface area contributed by atoms with Crippen LogP contribution in [-0.2, 0) is 4.79 Å². The Balaban J connectivity index is 1.55. The van der Waals surface area contributed by atoms with Gasteiger partial charge in [0.15, 0.2) is 5.11 Å². The molecule has 0 unspecified atom stereocenters. The van der Waals surface area contributed by atoms with E-state index in [9.17, 15) is 4.79 Å². The van der Waals surface area contributed by atoms with Gasteiger partial charge < -0.3 is 20.9 Å². The van der Waals surface area contributed by atoms with Crippen LogP contribution in [0.25, 0.3) is 17.0 Å². The fourth-order valence-corrected chi connectivity index (χ4v) is 4.29. The summed E-state index contributed by atoms with van der Waals surface area (Å²) in [5, 5.41) is 4.27. The lowest BCUT2D eigenvalue weighted by molar-refractivity contribution is -0.116. The molecule has 4 rings (SSSR count). The molecule has 1 aliphatic rings. The Morgan fingerprint density at radius 1 is 1.09 bits per heavy atom. The molecule has 2 aromatic carbocycles. The monoisotopic (exact) mass is 497 g/mol. The second-order valence-corrected chi connectivity index (χ2v) is 8.70. The van der Waals surface area contributed by atoms with E-state index >= 15 is 0 Å². The molecule has 2 heterocycles. The zero-order valence-electron chi connectivity index (χ0n) is 17.5. The zero-order chi connectivity index (χ0) is 23.4. The molecule has 3 aromatic rings. The highest BCUT2D eigenvalue weighted by Crippen LogP contribution is 2.29. The highest BCUT2D eigenvalue weighted by molar-refractivity contribution is 7.80. The highest BCUT2D eigenvalue weighted by Gasteiger charge is 2.29. The fraction of sp³-hybridized carbons (Fsp3) is 0.125. The number of fused-ring (bicyclic) bond motifs is 1. The lowest BCUT2D eigenvalue weighted by atomic mass is 10.1. The minimum Gasteiger partial charge on any atom is -0.399 e. The van der Waals surface area contributed by atoms with E-state index in [1.165, 1.54) is 6.08 Å². The van der Waals surface area contributed by atoms with Crippen LogP contribution in [0.15, 0.2) is 77.2 Å². The smallest absolute Gasteiger partial charge is 0.249 e. The van der Waals surface area contributed by atoms with Gasteiger partial charge in [0.05, 0.1) is 11.2 Å². The minimum absolute atomic E-state index is 0.0792. The summed E-state index contributed by atoms with van der Waals surface area (Å²) in [7, 11) is 0. The Morgan fingerprint density at radius 2 is 1.85 bits per heavy atom. The van der Waals surface area contributed by atoms with Crippen molar-refractivity contribution in [3.63, 3.8) is 0 Å². The number of rotatable bonds is 5. The third-order valence-corrected chi connectivity index (χ3v) is 5.98. The van der Waals surface area contributed by atoms with Gasteiger partial charge >= 0.3 is 0 Å². The molecular formula is C24H21Cl2N5OS. The van der Waals surface area contributed by atoms with Crippen molar-refractivity contribution >= 4 is 74.8 Å². The number of hydrogen-bond donors (Lipinski definition) is 2. The zero-order valence-corrected chi connectivity index (χ0v) is 19.9.